The number of carbonyl (C=O) groups is 1. The molecule has 0 spiro atoms. The first-order valence-corrected chi connectivity index (χ1v) is 12.0. The highest BCUT2D eigenvalue weighted by Crippen LogP contribution is 2.25. The molecule has 156 valence electrons. The first-order chi connectivity index (χ1) is 14.4. The first-order valence-electron chi connectivity index (χ1n) is 9.56. The Morgan fingerprint density at radius 1 is 0.933 bits per heavy atom. The highest BCUT2D eigenvalue weighted by Gasteiger charge is 2.21. The summed E-state index contributed by atoms with van der Waals surface area (Å²) in [6.45, 7) is 2.05. The molecule has 0 heterocycles. The summed E-state index contributed by atoms with van der Waals surface area (Å²) in [7, 11) is -2.11. The number of rotatable bonds is 8. The average molecular weight is 441 g/mol. The molecule has 0 aliphatic rings. The van der Waals surface area contributed by atoms with E-state index in [9.17, 15) is 13.2 Å². The first kappa shape index (κ1) is 21.9. The highest BCUT2D eigenvalue weighted by atomic mass is 32.2. The molecule has 0 saturated carbocycles. The fourth-order valence-corrected chi connectivity index (χ4v) is 4.82. The van der Waals surface area contributed by atoms with Crippen LogP contribution >= 0.6 is 11.8 Å². The molecule has 0 aromatic heterocycles. The molecule has 0 aliphatic heterocycles. The predicted octanol–water partition coefficient (Wildman–Crippen LogP) is 4.80. The van der Waals surface area contributed by atoms with E-state index in [1.165, 1.54) is 23.1 Å². The predicted molar refractivity (Wildman–Crippen MR) is 124 cm³/mol. The lowest BCUT2D eigenvalue weighted by Gasteiger charge is -2.19. The molecule has 1 amide bonds. The minimum absolute atomic E-state index is 0.0959. The number of nitrogens with one attached hydrogen (secondary N) is 1. The molecule has 0 fully saturated rings. The van der Waals surface area contributed by atoms with Gasteiger partial charge in [0.2, 0.25) is 5.91 Å². The third-order valence-electron chi connectivity index (χ3n) is 4.64. The van der Waals surface area contributed by atoms with Crippen molar-refractivity contribution in [2.75, 3.05) is 22.4 Å². The van der Waals surface area contributed by atoms with Crippen LogP contribution in [0, 0.1) is 0 Å². The van der Waals surface area contributed by atoms with E-state index in [2.05, 4.69) is 5.32 Å². The summed E-state index contributed by atoms with van der Waals surface area (Å²) in [5.74, 6) is 0.148. The molecule has 30 heavy (non-hydrogen) atoms. The summed E-state index contributed by atoms with van der Waals surface area (Å²) in [5, 5.41) is 2.94. The number of sulfonamides is 1. The van der Waals surface area contributed by atoms with Gasteiger partial charge >= 0.3 is 0 Å². The van der Waals surface area contributed by atoms with Crippen molar-refractivity contribution >= 4 is 39.1 Å². The van der Waals surface area contributed by atoms with Gasteiger partial charge in [-0.15, -0.1) is 11.8 Å². The van der Waals surface area contributed by atoms with E-state index in [-0.39, 0.29) is 16.6 Å². The zero-order valence-electron chi connectivity index (χ0n) is 16.9. The van der Waals surface area contributed by atoms with Gasteiger partial charge in [0, 0.05) is 17.6 Å². The smallest absolute Gasteiger partial charge is 0.264 e. The molecule has 7 heteroatoms. The van der Waals surface area contributed by atoms with Crippen LogP contribution in [0.25, 0.3) is 0 Å². The van der Waals surface area contributed by atoms with Gasteiger partial charge in [0.15, 0.2) is 0 Å². The molecular formula is C23H24N2O3S2. The maximum atomic E-state index is 12.8. The van der Waals surface area contributed by atoms with Crippen LogP contribution in [0.2, 0.25) is 0 Å². The van der Waals surface area contributed by atoms with Crippen molar-refractivity contribution in [1.82, 2.24) is 0 Å². The van der Waals surface area contributed by atoms with Crippen molar-refractivity contribution in [1.29, 1.82) is 0 Å². The van der Waals surface area contributed by atoms with Crippen molar-refractivity contribution in [3.63, 3.8) is 0 Å². The molecule has 3 aromatic carbocycles. The van der Waals surface area contributed by atoms with E-state index in [4.69, 9.17) is 0 Å². The van der Waals surface area contributed by atoms with Crippen molar-refractivity contribution in [3.8, 4) is 0 Å². The lowest BCUT2D eigenvalue weighted by Crippen LogP contribution is -2.26. The van der Waals surface area contributed by atoms with Crippen LogP contribution in [-0.4, -0.2) is 27.1 Å². The number of thioether (sulfide) groups is 1. The lowest BCUT2D eigenvalue weighted by atomic mass is 10.1. The second-order valence-corrected chi connectivity index (χ2v) is 9.65. The topological polar surface area (TPSA) is 66.5 Å². The highest BCUT2D eigenvalue weighted by molar-refractivity contribution is 8.00. The van der Waals surface area contributed by atoms with Crippen LogP contribution in [0.15, 0.2) is 88.7 Å². The Kier molecular flexibility index (Phi) is 7.18. The molecule has 1 N–H and O–H groups in total. The number of aryl methyl sites for hydroxylation is 1. The van der Waals surface area contributed by atoms with Crippen molar-refractivity contribution in [2.24, 2.45) is 0 Å². The summed E-state index contributed by atoms with van der Waals surface area (Å²) in [6, 6.07) is 23.3. The molecule has 3 aromatic rings. The molecule has 5 nitrogen and oxygen atoms in total. The number of benzene rings is 3. The van der Waals surface area contributed by atoms with Crippen LogP contribution in [0.1, 0.15) is 12.5 Å². The zero-order chi connectivity index (χ0) is 21.6. The number of amides is 1. The minimum Gasteiger partial charge on any atom is -0.325 e. The summed E-state index contributed by atoms with van der Waals surface area (Å²) >= 11 is 1.36. The Balaban J connectivity index is 1.62. The van der Waals surface area contributed by atoms with Gasteiger partial charge in [0.25, 0.3) is 10.0 Å². The third-order valence-corrected chi connectivity index (χ3v) is 7.46. The number of para-hydroxylation sites is 2. The molecular weight excluding hydrogens is 416 g/mol. The maximum absolute atomic E-state index is 12.8. The van der Waals surface area contributed by atoms with Gasteiger partial charge in [-0.25, -0.2) is 8.42 Å². The quantitative estimate of drug-likeness (QED) is 0.511. The van der Waals surface area contributed by atoms with Gasteiger partial charge < -0.3 is 5.32 Å². The molecule has 0 unspecified atom stereocenters. The molecule has 3 rings (SSSR count). The van der Waals surface area contributed by atoms with E-state index in [1.807, 2.05) is 37.3 Å². The van der Waals surface area contributed by atoms with E-state index >= 15 is 0 Å². The monoisotopic (exact) mass is 440 g/mol. The molecule has 0 radical (unpaired) electrons. The van der Waals surface area contributed by atoms with E-state index < -0.39 is 10.0 Å². The fourth-order valence-electron chi connectivity index (χ4n) is 2.93. The Morgan fingerprint density at radius 2 is 1.57 bits per heavy atom. The second-order valence-electron chi connectivity index (χ2n) is 6.63. The normalized spacial score (nSPS) is 11.1. The fraction of sp³-hybridized carbons (Fsp3) is 0.174. The van der Waals surface area contributed by atoms with E-state index in [1.54, 1.807) is 48.5 Å². The van der Waals surface area contributed by atoms with Crippen LogP contribution in [0.3, 0.4) is 0 Å². The summed E-state index contributed by atoms with van der Waals surface area (Å²) in [5.41, 5.74) is 2.52. The van der Waals surface area contributed by atoms with Gasteiger partial charge in [-0.2, -0.15) is 0 Å². The molecule has 0 saturated heterocycles. The molecule has 0 aliphatic carbocycles. The van der Waals surface area contributed by atoms with E-state index in [0.29, 0.717) is 5.69 Å². The Labute approximate surface area is 182 Å². The summed E-state index contributed by atoms with van der Waals surface area (Å²) in [4.78, 5) is 13.3. The summed E-state index contributed by atoms with van der Waals surface area (Å²) in [6.07, 6.45) is 0.844. The van der Waals surface area contributed by atoms with Gasteiger partial charge in [-0.05, 0) is 54.4 Å². The number of hydrogen-bond donors (Lipinski definition) is 1. The van der Waals surface area contributed by atoms with Gasteiger partial charge in [-0.3, -0.25) is 9.10 Å². The number of nitrogens with zero attached hydrogens (tertiary/aromatic N) is 1. The van der Waals surface area contributed by atoms with Crippen molar-refractivity contribution in [3.05, 3.63) is 84.4 Å². The zero-order valence-corrected chi connectivity index (χ0v) is 18.5. The van der Waals surface area contributed by atoms with Crippen LogP contribution in [0.4, 0.5) is 11.4 Å². The minimum atomic E-state index is -3.64. The van der Waals surface area contributed by atoms with Crippen LogP contribution in [0.5, 0.6) is 0 Å². The average Bonchev–Trinajstić information content (AvgIpc) is 2.78. The SMILES string of the molecule is CCc1ccccc1NC(=O)CSc1ccc(S(=O)(=O)N(C)c2ccccc2)cc1. The Hall–Kier alpha value is -2.77. The standard InChI is InChI=1S/C23H24N2O3S2/c1-3-18-9-7-8-12-22(18)24-23(26)17-29-20-13-15-21(16-14-20)30(27,28)25(2)19-10-5-4-6-11-19/h4-16H,3,17H2,1-2H3,(H,24,26). The van der Waals surface area contributed by atoms with Gasteiger partial charge in [0.05, 0.1) is 16.3 Å². The van der Waals surface area contributed by atoms with Crippen LogP contribution < -0.4 is 9.62 Å². The van der Waals surface area contributed by atoms with Crippen LogP contribution in [-0.2, 0) is 21.2 Å². The van der Waals surface area contributed by atoms with Crippen molar-refractivity contribution in [2.45, 2.75) is 23.1 Å². The molecule has 0 atom stereocenters. The van der Waals surface area contributed by atoms with Crippen molar-refractivity contribution < 1.29 is 13.2 Å². The third kappa shape index (κ3) is 5.23. The Morgan fingerprint density at radius 3 is 2.23 bits per heavy atom. The largest absolute Gasteiger partial charge is 0.325 e. The number of carbonyl (C=O) groups excluding carboxylic acids is 1. The Bertz CT molecular complexity index is 1100. The maximum Gasteiger partial charge on any atom is 0.264 e. The second kappa shape index (κ2) is 9.82. The van der Waals surface area contributed by atoms with E-state index in [0.717, 1.165) is 22.6 Å². The lowest BCUT2D eigenvalue weighted by molar-refractivity contribution is -0.113. The van der Waals surface area contributed by atoms with Gasteiger partial charge in [0.1, 0.15) is 0 Å². The number of anilines is 2. The number of hydrogen-bond acceptors (Lipinski definition) is 4. The molecule has 0 bridgehead atoms. The summed E-state index contributed by atoms with van der Waals surface area (Å²) < 4.78 is 26.9. The van der Waals surface area contributed by atoms with Gasteiger partial charge in [-0.1, -0.05) is 43.3 Å².